The van der Waals surface area contributed by atoms with Gasteiger partial charge in [0, 0.05) is 0 Å². The molecule has 0 aromatic rings. The molecule has 0 radical (unpaired) electrons. The number of hydrogen-bond acceptors (Lipinski definition) is 1. The smallest absolute Gasteiger partial charge is 0.238 e. The van der Waals surface area contributed by atoms with Crippen LogP contribution in [0.2, 0.25) is 0 Å². The Bertz CT molecular complexity index is 140. The molecule has 3 heteroatoms. The monoisotopic (exact) mass is 150 g/mol. The third-order valence-electron chi connectivity index (χ3n) is 0.446. The van der Waals surface area contributed by atoms with Gasteiger partial charge in [0.2, 0.25) is 5.78 Å². The Morgan fingerprint density at radius 2 is 2.12 bits per heavy atom. The summed E-state index contributed by atoms with van der Waals surface area (Å²) >= 11 is 10.2. The average molecular weight is 151 g/mol. The van der Waals surface area contributed by atoms with Crippen molar-refractivity contribution in [2.75, 3.05) is 0 Å². The molecule has 0 aliphatic heterocycles. The number of carbonyl (C=O) groups excluding carboxylic acids is 1. The number of ketones is 1. The molecule has 8 heavy (non-hydrogen) atoms. The molecule has 44 valence electrons. The highest BCUT2D eigenvalue weighted by atomic mass is 35.5. The zero-order valence-electron chi connectivity index (χ0n) is 4.24. The Kier molecular flexibility index (Phi) is 3.68. The summed E-state index contributed by atoms with van der Waals surface area (Å²) in [6.45, 7) is 1.55. The molecule has 0 aliphatic rings. The second kappa shape index (κ2) is 3.77. The lowest BCUT2D eigenvalue weighted by Gasteiger charge is -1.85. The van der Waals surface area contributed by atoms with Gasteiger partial charge in [-0.15, -0.1) is 0 Å². The first-order valence-corrected chi connectivity index (χ1v) is 2.80. The summed E-state index contributed by atoms with van der Waals surface area (Å²) in [7, 11) is 0. The second-order valence-corrected chi connectivity index (χ2v) is 2.14. The number of Topliss-reactive ketones (excluding diaryl/α,β-unsaturated/α-hetero) is 1. The van der Waals surface area contributed by atoms with Crippen molar-refractivity contribution in [3.05, 3.63) is 0 Å². The van der Waals surface area contributed by atoms with Gasteiger partial charge in [0.15, 0.2) is 4.84 Å². The molecular formula is C5H4Cl2O. The normalized spacial score (nSPS) is 8.00. The van der Waals surface area contributed by atoms with Crippen molar-refractivity contribution in [2.45, 2.75) is 11.8 Å². The number of rotatable bonds is 1. The molecule has 0 aromatic carbocycles. The van der Waals surface area contributed by atoms with Crippen LogP contribution in [0.1, 0.15) is 6.92 Å². The third kappa shape index (κ3) is 2.90. The van der Waals surface area contributed by atoms with E-state index >= 15 is 0 Å². The lowest BCUT2D eigenvalue weighted by Crippen LogP contribution is -2.02. The lowest BCUT2D eigenvalue weighted by atomic mass is 10.4. The van der Waals surface area contributed by atoms with E-state index in [1.165, 1.54) is 0 Å². The molecule has 0 saturated carbocycles. The maximum atomic E-state index is 10.3. The molecular weight excluding hydrogens is 147 g/mol. The topological polar surface area (TPSA) is 17.1 Å². The number of carbonyl (C=O) groups is 1. The van der Waals surface area contributed by atoms with Gasteiger partial charge in [-0.2, -0.15) is 0 Å². The summed E-state index contributed by atoms with van der Waals surface area (Å²) in [5.74, 6) is 4.12. The second-order valence-electron chi connectivity index (χ2n) is 1.04. The Balaban J connectivity index is 3.78. The van der Waals surface area contributed by atoms with Gasteiger partial charge >= 0.3 is 0 Å². The first kappa shape index (κ1) is 7.81. The molecule has 1 nitrogen and oxygen atoms in total. The van der Waals surface area contributed by atoms with Gasteiger partial charge in [0.1, 0.15) is 0 Å². The molecule has 0 atom stereocenters. The minimum atomic E-state index is -0.998. The van der Waals surface area contributed by atoms with Crippen molar-refractivity contribution in [3.63, 3.8) is 0 Å². The van der Waals surface area contributed by atoms with E-state index in [1.54, 1.807) is 6.92 Å². The van der Waals surface area contributed by atoms with Crippen LogP contribution in [0.15, 0.2) is 0 Å². The molecule has 0 saturated heterocycles. The minimum absolute atomic E-state index is 0.448. The molecule has 0 bridgehead atoms. The van der Waals surface area contributed by atoms with Gasteiger partial charge in [0.05, 0.1) is 0 Å². The quantitative estimate of drug-likeness (QED) is 0.314. The predicted octanol–water partition coefficient (Wildman–Crippen LogP) is 1.38. The van der Waals surface area contributed by atoms with Crippen LogP contribution in [-0.4, -0.2) is 10.6 Å². The SMILES string of the molecule is CC#CC(=O)C(Cl)Cl. The van der Waals surface area contributed by atoms with Crippen molar-refractivity contribution >= 4 is 29.0 Å². The van der Waals surface area contributed by atoms with Gasteiger partial charge in [-0.25, -0.2) is 0 Å². The van der Waals surface area contributed by atoms with Crippen LogP contribution < -0.4 is 0 Å². The number of alkyl halides is 2. The first-order chi connectivity index (χ1) is 3.68. The van der Waals surface area contributed by atoms with E-state index in [-0.39, 0.29) is 0 Å². The van der Waals surface area contributed by atoms with Gasteiger partial charge in [-0.05, 0) is 12.8 Å². The molecule has 0 spiro atoms. The highest BCUT2D eigenvalue weighted by Crippen LogP contribution is 2.00. The van der Waals surface area contributed by atoms with Crippen molar-refractivity contribution in [1.29, 1.82) is 0 Å². The average Bonchev–Trinajstić information content (AvgIpc) is 1.67. The maximum Gasteiger partial charge on any atom is 0.238 e. The maximum absolute atomic E-state index is 10.3. The summed E-state index contributed by atoms with van der Waals surface area (Å²) < 4.78 is 0. The van der Waals surface area contributed by atoms with Crippen LogP contribution in [0.5, 0.6) is 0 Å². The molecule has 0 unspecified atom stereocenters. The van der Waals surface area contributed by atoms with Gasteiger partial charge < -0.3 is 0 Å². The summed E-state index contributed by atoms with van der Waals surface area (Å²) in [5, 5.41) is 0. The largest absolute Gasteiger partial charge is 0.282 e. The zero-order chi connectivity index (χ0) is 6.57. The van der Waals surface area contributed by atoms with Crippen molar-refractivity contribution in [1.82, 2.24) is 0 Å². The standard InChI is InChI=1S/C5H4Cl2O/c1-2-3-4(8)5(6)7/h5H,1H3. The molecule has 0 rings (SSSR count). The fourth-order valence-electron chi connectivity index (χ4n) is 0.178. The first-order valence-electron chi connectivity index (χ1n) is 1.93. The van der Waals surface area contributed by atoms with Gasteiger partial charge in [-0.3, -0.25) is 4.79 Å². The van der Waals surface area contributed by atoms with Gasteiger partial charge in [-0.1, -0.05) is 29.1 Å². The van der Waals surface area contributed by atoms with E-state index < -0.39 is 10.6 Å². The third-order valence-corrected chi connectivity index (χ3v) is 0.843. The van der Waals surface area contributed by atoms with Crippen LogP contribution in [0.3, 0.4) is 0 Å². The Morgan fingerprint density at radius 1 is 1.62 bits per heavy atom. The summed E-state index contributed by atoms with van der Waals surface area (Å²) in [6.07, 6.45) is 0. The molecule has 0 aromatic heterocycles. The lowest BCUT2D eigenvalue weighted by molar-refractivity contribution is -0.112. The molecule has 0 heterocycles. The Labute approximate surface area is 58.0 Å². The highest BCUT2D eigenvalue weighted by molar-refractivity contribution is 6.55. The fourth-order valence-corrected chi connectivity index (χ4v) is 0.287. The van der Waals surface area contributed by atoms with Crippen LogP contribution >= 0.6 is 23.2 Å². The number of halogens is 2. The van der Waals surface area contributed by atoms with Crippen molar-refractivity contribution < 1.29 is 4.79 Å². The van der Waals surface area contributed by atoms with Crippen molar-refractivity contribution in [2.24, 2.45) is 0 Å². The van der Waals surface area contributed by atoms with Gasteiger partial charge in [0.25, 0.3) is 0 Å². The van der Waals surface area contributed by atoms with E-state index in [9.17, 15) is 4.79 Å². The van der Waals surface area contributed by atoms with E-state index in [0.29, 0.717) is 0 Å². The molecule has 0 N–H and O–H groups in total. The zero-order valence-corrected chi connectivity index (χ0v) is 5.75. The predicted molar refractivity (Wildman–Crippen MR) is 34.0 cm³/mol. The van der Waals surface area contributed by atoms with Crippen LogP contribution in [0.4, 0.5) is 0 Å². The summed E-state index contributed by atoms with van der Waals surface area (Å²) in [4.78, 5) is 9.31. The molecule has 0 fully saturated rings. The van der Waals surface area contributed by atoms with Crippen LogP contribution in [-0.2, 0) is 4.79 Å². The number of hydrogen-bond donors (Lipinski definition) is 0. The van der Waals surface area contributed by atoms with Crippen LogP contribution in [0.25, 0.3) is 0 Å². The van der Waals surface area contributed by atoms with Crippen LogP contribution in [0, 0.1) is 11.8 Å². The Morgan fingerprint density at radius 3 is 2.25 bits per heavy atom. The van der Waals surface area contributed by atoms with Crippen molar-refractivity contribution in [3.8, 4) is 11.8 Å². The Hall–Kier alpha value is -0.190. The summed E-state index contributed by atoms with van der Waals surface area (Å²) in [6, 6.07) is 0. The van der Waals surface area contributed by atoms with E-state index in [1.807, 2.05) is 0 Å². The fraction of sp³-hybridized carbons (Fsp3) is 0.400. The summed E-state index contributed by atoms with van der Waals surface area (Å²) in [5.41, 5.74) is 0. The van der Waals surface area contributed by atoms with E-state index in [2.05, 4.69) is 11.8 Å². The molecule has 0 aliphatic carbocycles. The minimum Gasteiger partial charge on any atom is -0.282 e. The van der Waals surface area contributed by atoms with E-state index in [0.717, 1.165) is 0 Å². The highest BCUT2D eigenvalue weighted by Gasteiger charge is 2.05. The van der Waals surface area contributed by atoms with E-state index in [4.69, 9.17) is 23.2 Å². The molecule has 0 amide bonds.